The van der Waals surface area contributed by atoms with Gasteiger partial charge in [-0.15, -0.1) is 0 Å². The highest BCUT2D eigenvalue weighted by Crippen LogP contribution is 2.20. The minimum Gasteiger partial charge on any atom is -0.352 e. The maximum absolute atomic E-state index is 13.5. The van der Waals surface area contributed by atoms with Gasteiger partial charge in [0.25, 0.3) is 5.91 Å². The number of rotatable bonds is 6. The Kier molecular flexibility index (Phi) is 5.86. The van der Waals surface area contributed by atoms with Gasteiger partial charge in [-0.3, -0.25) is 4.79 Å². The van der Waals surface area contributed by atoms with Crippen molar-refractivity contribution in [1.29, 1.82) is 0 Å². The molecule has 21 heavy (non-hydrogen) atoms. The molecule has 1 rings (SSSR count). The fourth-order valence-electron chi connectivity index (χ4n) is 2.10. The van der Waals surface area contributed by atoms with Crippen molar-refractivity contribution in [1.82, 2.24) is 5.32 Å². The third kappa shape index (κ3) is 4.50. The molecule has 1 amide bonds. The Morgan fingerprint density at radius 1 is 1.33 bits per heavy atom. The van der Waals surface area contributed by atoms with Gasteiger partial charge < -0.3 is 5.32 Å². The second-order valence-electron chi connectivity index (χ2n) is 5.01. The average molecular weight is 316 g/mol. The van der Waals surface area contributed by atoms with Gasteiger partial charge in [0.1, 0.15) is 5.82 Å². The van der Waals surface area contributed by atoms with Gasteiger partial charge in [0.2, 0.25) is 10.0 Å². The van der Waals surface area contributed by atoms with E-state index in [1.807, 2.05) is 13.8 Å². The summed E-state index contributed by atoms with van der Waals surface area (Å²) in [5.74, 6) is -0.971. The lowest BCUT2D eigenvalue weighted by Gasteiger charge is -2.15. The van der Waals surface area contributed by atoms with Crippen molar-refractivity contribution in [3.8, 4) is 0 Å². The van der Waals surface area contributed by atoms with Gasteiger partial charge in [-0.05, 0) is 30.5 Å². The van der Waals surface area contributed by atoms with Crippen LogP contribution in [-0.2, 0) is 10.0 Å². The van der Waals surface area contributed by atoms with E-state index in [2.05, 4.69) is 5.32 Å². The number of hydrogen-bond acceptors (Lipinski definition) is 3. The van der Waals surface area contributed by atoms with Crippen LogP contribution in [0.4, 0.5) is 4.39 Å². The molecule has 0 saturated carbocycles. The standard InChI is InChI=1S/C14H21FN2O3S/c1-4-10(5-2)8-17-14(18)12-6-11(15)7-13(9(12)3)21(16,19)20/h6-7,10H,4-5,8H2,1-3H3,(H,17,18)(H2,16,19,20). The highest BCUT2D eigenvalue weighted by atomic mass is 32.2. The van der Waals surface area contributed by atoms with Crippen LogP contribution in [-0.4, -0.2) is 20.9 Å². The summed E-state index contributed by atoms with van der Waals surface area (Å²) in [6.45, 7) is 5.94. The van der Waals surface area contributed by atoms with Crippen LogP contribution in [0.15, 0.2) is 17.0 Å². The molecule has 0 saturated heterocycles. The number of carbonyl (C=O) groups is 1. The van der Waals surface area contributed by atoms with Crippen LogP contribution in [0.5, 0.6) is 0 Å². The summed E-state index contributed by atoms with van der Waals surface area (Å²) in [4.78, 5) is 11.8. The zero-order chi connectivity index (χ0) is 16.2. The first kappa shape index (κ1) is 17.6. The number of halogens is 1. The van der Waals surface area contributed by atoms with E-state index in [1.54, 1.807) is 0 Å². The minimum absolute atomic E-state index is 0.00928. The Bertz CT molecular complexity index is 625. The minimum atomic E-state index is -4.07. The van der Waals surface area contributed by atoms with Crippen LogP contribution < -0.4 is 10.5 Å². The molecule has 0 aliphatic carbocycles. The fourth-order valence-corrected chi connectivity index (χ4v) is 2.91. The molecule has 0 fully saturated rings. The molecule has 5 nitrogen and oxygen atoms in total. The lowest BCUT2D eigenvalue weighted by atomic mass is 10.0. The van der Waals surface area contributed by atoms with Crippen molar-refractivity contribution in [2.24, 2.45) is 11.1 Å². The first-order valence-electron chi connectivity index (χ1n) is 6.81. The third-order valence-corrected chi connectivity index (χ3v) is 4.62. The number of hydrogen-bond donors (Lipinski definition) is 2. The van der Waals surface area contributed by atoms with Gasteiger partial charge in [-0.1, -0.05) is 26.7 Å². The van der Waals surface area contributed by atoms with E-state index in [0.717, 1.165) is 25.0 Å². The molecule has 3 N–H and O–H groups in total. The molecule has 7 heteroatoms. The van der Waals surface area contributed by atoms with Crippen LogP contribution in [0, 0.1) is 18.7 Å². The molecule has 0 radical (unpaired) electrons. The van der Waals surface area contributed by atoms with E-state index in [1.165, 1.54) is 6.92 Å². The Balaban J connectivity index is 3.08. The summed E-state index contributed by atoms with van der Waals surface area (Å²) in [5, 5.41) is 7.74. The SMILES string of the molecule is CCC(CC)CNC(=O)c1cc(F)cc(S(N)(=O)=O)c1C. The average Bonchev–Trinajstić information content (AvgIpc) is 2.40. The molecular formula is C14H21FN2O3S. The topological polar surface area (TPSA) is 89.3 Å². The van der Waals surface area contributed by atoms with Crippen molar-refractivity contribution in [2.45, 2.75) is 38.5 Å². The quantitative estimate of drug-likeness (QED) is 0.840. The maximum Gasteiger partial charge on any atom is 0.251 e. The van der Waals surface area contributed by atoms with Crippen molar-refractivity contribution in [3.05, 3.63) is 29.1 Å². The lowest BCUT2D eigenvalue weighted by molar-refractivity contribution is 0.0945. The summed E-state index contributed by atoms with van der Waals surface area (Å²) >= 11 is 0. The first-order chi connectivity index (χ1) is 9.70. The van der Waals surface area contributed by atoms with Gasteiger partial charge >= 0.3 is 0 Å². The molecule has 1 aromatic carbocycles. The second-order valence-corrected chi connectivity index (χ2v) is 6.54. The number of nitrogens with one attached hydrogen (secondary N) is 1. The molecule has 1 aromatic rings. The van der Waals surface area contributed by atoms with E-state index < -0.39 is 21.7 Å². The van der Waals surface area contributed by atoms with Crippen LogP contribution in [0.3, 0.4) is 0 Å². The van der Waals surface area contributed by atoms with E-state index in [9.17, 15) is 17.6 Å². The predicted octanol–water partition coefficient (Wildman–Crippen LogP) is 1.95. The van der Waals surface area contributed by atoms with Crippen molar-refractivity contribution >= 4 is 15.9 Å². The number of amides is 1. The molecular weight excluding hydrogens is 295 g/mol. The molecule has 0 unspecified atom stereocenters. The normalized spacial score (nSPS) is 11.7. The summed E-state index contributed by atoms with van der Waals surface area (Å²) in [5.41, 5.74) is 0.144. The monoisotopic (exact) mass is 316 g/mol. The summed E-state index contributed by atoms with van der Waals surface area (Å²) in [7, 11) is -4.07. The van der Waals surface area contributed by atoms with E-state index in [0.29, 0.717) is 12.5 Å². The molecule has 0 spiro atoms. The van der Waals surface area contributed by atoms with Crippen molar-refractivity contribution in [3.63, 3.8) is 0 Å². The second kappa shape index (κ2) is 7.00. The van der Waals surface area contributed by atoms with E-state index >= 15 is 0 Å². The van der Waals surface area contributed by atoms with Crippen LogP contribution in [0.2, 0.25) is 0 Å². The maximum atomic E-state index is 13.5. The zero-order valence-corrected chi connectivity index (χ0v) is 13.3. The summed E-state index contributed by atoms with van der Waals surface area (Å²) in [6, 6.07) is 1.84. The van der Waals surface area contributed by atoms with Crippen molar-refractivity contribution < 1.29 is 17.6 Å². The number of carbonyl (C=O) groups excluding carboxylic acids is 1. The molecule has 0 heterocycles. The Morgan fingerprint density at radius 3 is 2.38 bits per heavy atom. The van der Waals surface area contributed by atoms with Crippen LogP contribution >= 0.6 is 0 Å². The van der Waals surface area contributed by atoms with Crippen LogP contribution in [0.1, 0.15) is 42.6 Å². The van der Waals surface area contributed by atoms with E-state index in [4.69, 9.17) is 5.14 Å². The lowest BCUT2D eigenvalue weighted by Crippen LogP contribution is -2.30. The molecule has 0 bridgehead atoms. The molecule has 0 atom stereocenters. The summed E-state index contributed by atoms with van der Waals surface area (Å²) < 4.78 is 36.4. The molecule has 0 aromatic heterocycles. The van der Waals surface area contributed by atoms with Gasteiger partial charge in [0, 0.05) is 12.1 Å². The Morgan fingerprint density at radius 2 is 1.90 bits per heavy atom. The number of benzene rings is 1. The van der Waals surface area contributed by atoms with E-state index in [-0.39, 0.29) is 16.0 Å². The molecule has 0 aliphatic heterocycles. The van der Waals surface area contributed by atoms with Gasteiger partial charge in [-0.2, -0.15) is 0 Å². The number of primary sulfonamides is 1. The molecule has 0 aliphatic rings. The highest BCUT2D eigenvalue weighted by molar-refractivity contribution is 7.89. The first-order valence-corrected chi connectivity index (χ1v) is 8.36. The largest absolute Gasteiger partial charge is 0.352 e. The Hall–Kier alpha value is -1.47. The molecule has 118 valence electrons. The number of nitrogens with two attached hydrogens (primary N) is 1. The number of sulfonamides is 1. The van der Waals surface area contributed by atoms with Gasteiger partial charge in [0.05, 0.1) is 4.90 Å². The zero-order valence-electron chi connectivity index (χ0n) is 12.4. The fraction of sp³-hybridized carbons (Fsp3) is 0.500. The van der Waals surface area contributed by atoms with Gasteiger partial charge in [0.15, 0.2) is 0 Å². The highest BCUT2D eigenvalue weighted by Gasteiger charge is 2.20. The van der Waals surface area contributed by atoms with Crippen molar-refractivity contribution in [2.75, 3.05) is 6.54 Å². The summed E-state index contributed by atoms with van der Waals surface area (Å²) in [6.07, 6.45) is 1.84. The third-order valence-electron chi connectivity index (χ3n) is 3.58. The predicted molar refractivity (Wildman–Crippen MR) is 78.9 cm³/mol. The smallest absolute Gasteiger partial charge is 0.251 e. The Labute approximate surface area is 124 Å². The van der Waals surface area contributed by atoms with Crippen LogP contribution in [0.25, 0.3) is 0 Å². The van der Waals surface area contributed by atoms with Gasteiger partial charge in [-0.25, -0.2) is 17.9 Å².